The topological polar surface area (TPSA) is 56.7 Å². The Morgan fingerprint density at radius 2 is 2.00 bits per heavy atom. The Bertz CT molecular complexity index is 377. The minimum atomic E-state index is 0.309. The molecule has 4 heteroatoms. The largest absolute Gasteiger partial charge is 0.330 e. The monoisotopic (exact) mass is 236 g/mol. The van der Waals surface area contributed by atoms with E-state index in [1.807, 2.05) is 0 Å². The molecule has 4 nitrogen and oxygen atoms in total. The third kappa shape index (κ3) is 3.06. The van der Waals surface area contributed by atoms with Gasteiger partial charge in [-0.2, -0.15) is 0 Å². The Morgan fingerprint density at radius 3 is 2.59 bits per heavy atom. The Labute approximate surface area is 104 Å². The number of hydrogen-bond acceptors (Lipinski definition) is 3. The van der Waals surface area contributed by atoms with Crippen LogP contribution in [0.2, 0.25) is 0 Å². The third-order valence-corrected chi connectivity index (χ3v) is 3.70. The predicted octanol–water partition coefficient (Wildman–Crippen LogP) is 2.23. The molecule has 0 atom stereocenters. The number of nitrogens with two attached hydrogens (primary N) is 1. The van der Waals surface area contributed by atoms with Crippen molar-refractivity contribution in [2.45, 2.75) is 58.9 Å². The molecule has 1 aliphatic rings. The third-order valence-electron chi connectivity index (χ3n) is 3.70. The Balaban J connectivity index is 1.99. The SMILES string of the molecule is Cc1nnc(CCC(C)(C)CCN)n1C1CC1. The Hall–Kier alpha value is -0.900. The number of rotatable bonds is 6. The van der Waals surface area contributed by atoms with Gasteiger partial charge in [0.2, 0.25) is 0 Å². The van der Waals surface area contributed by atoms with Crippen molar-refractivity contribution in [3.63, 3.8) is 0 Å². The van der Waals surface area contributed by atoms with Crippen LogP contribution in [0.4, 0.5) is 0 Å². The van der Waals surface area contributed by atoms with Gasteiger partial charge in [0.1, 0.15) is 11.6 Å². The highest BCUT2D eigenvalue weighted by atomic mass is 15.3. The Kier molecular flexibility index (Phi) is 3.52. The van der Waals surface area contributed by atoms with Crippen LogP contribution in [0.3, 0.4) is 0 Å². The van der Waals surface area contributed by atoms with Crippen LogP contribution in [0, 0.1) is 12.3 Å². The van der Waals surface area contributed by atoms with E-state index in [0.717, 1.165) is 37.5 Å². The molecule has 96 valence electrons. The van der Waals surface area contributed by atoms with Gasteiger partial charge in [-0.25, -0.2) is 0 Å². The molecule has 1 heterocycles. The fraction of sp³-hybridized carbons (Fsp3) is 0.846. The summed E-state index contributed by atoms with van der Waals surface area (Å²) < 4.78 is 2.33. The fourth-order valence-corrected chi connectivity index (χ4v) is 2.36. The first kappa shape index (κ1) is 12.6. The van der Waals surface area contributed by atoms with Crippen molar-refractivity contribution < 1.29 is 0 Å². The van der Waals surface area contributed by atoms with Crippen molar-refractivity contribution in [3.05, 3.63) is 11.6 Å². The zero-order chi connectivity index (χ0) is 12.5. The normalized spacial score (nSPS) is 16.5. The van der Waals surface area contributed by atoms with Crippen molar-refractivity contribution in [2.24, 2.45) is 11.1 Å². The van der Waals surface area contributed by atoms with Crippen LogP contribution in [-0.2, 0) is 6.42 Å². The van der Waals surface area contributed by atoms with Crippen LogP contribution in [-0.4, -0.2) is 21.3 Å². The molecule has 0 bridgehead atoms. The highest BCUT2D eigenvalue weighted by molar-refractivity contribution is 5.02. The molecule has 1 aliphatic carbocycles. The van der Waals surface area contributed by atoms with E-state index in [1.165, 1.54) is 12.8 Å². The molecular formula is C13H24N4. The molecule has 2 rings (SSSR count). The number of aromatic nitrogens is 3. The molecule has 0 spiro atoms. The molecule has 0 amide bonds. The van der Waals surface area contributed by atoms with Crippen molar-refractivity contribution in [1.82, 2.24) is 14.8 Å². The average Bonchev–Trinajstić information content (AvgIpc) is 3.01. The van der Waals surface area contributed by atoms with E-state index in [9.17, 15) is 0 Å². The summed E-state index contributed by atoms with van der Waals surface area (Å²) in [4.78, 5) is 0. The average molecular weight is 236 g/mol. The van der Waals surface area contributed by atoms with E-state index >= 15 is 0 Å². The van der Waals surface area contributed by atoms with E-state index < -0.39 is 0 Å². The molecule has 0 aliphatic heterocycles. The summed E-state index contributed by atoms with van der Waals surface area (Å²) in [6.07, 6.45) is 5.80. The van der Waals surface area contributed by atoms with Crippen molar-refractivity contribution >= 4 is 0 Å². The molecule has 17 heavy (non-hydrogen) atoms. The molecule has 1 saturated carbocycles. The first-order valence-corrected chi connectivity index (χ1v) is 6.64. The molecule has 1 aromatic rings. The molecule has 0 saturated heterocycles. The van der Waals surface area contributed by atoms with Gasteiger partial charge in [-0.15, -0.1) is 10.2 Å². The second kappa shape index (κ2) is 4.77. The van der Waals surface area contributed by atoms with Gasteiger partial charge >= 0.3 is 0 Å². The van der Waals surface area contributed by atoms with Gasteiger partial charge in [0, 0.05) is 12.5 Å². The van der Waals surface area contributed by atoms with Gasteiger partial charge in [0.15, 0.2) is 0 Å². The van der Waals surface area contributed by atoms with E-state index in [-0.39, 0.29) is 0 Å². The van der Waals surface area contributed by atoms with Gasteiger partial charge in [-0.05, 0) is 44.6 Å². The summed E-state index contributed by atoms with van der Waals surface area (Å²) >= 11 is 0. The molecule has 1 fully saturated rings. The van der Waals surface area contributed by atoms with Gasteiger partial charge < -0.3 is 10.3 Å². The van der Waals surface area contributed by atoms with Crippen molar-refractivity contribution in [1.29, 1.82) is 0 Å². The smallest absolute Gasteiger partial charge is 0.133 e. The second-order valence-electron chi connectivity index (χ2n) is 5.97. The van der Waals surface area contributed by atoms with Gasteiger partial charge in [-0.1, -0.05) is 13.8 Å². The van der Waals surface area contributed by atoms with E-state index in [1.54, 1.807) is 0 Å². The lowest BCUT2D eigenvalue weighted by atomic mass is 9.84. The molecule has 0 radical (unpaired) electrons. The van der Waals surface area contributed by atoms with Crippen LogP contribution in [0.5, 0.6) is 0 Å². The number of aryl methyl sites for hydroxylation is 2. The first-order valence-electron chi connectivity index (χ1n) is 6.64. The lowest BCUT2D eigenvalue weighted by molar-refractivity contribution is 0.309. The maximum Gasteiger partial charge on any atom is 0.133 e. The summed E-state index contributed by atoms with van der Waals surface area (Å²) in [7, 11) is 0. The van der Waals surface area contributed by atoms with Gasteiger partial charge in [0.25, 0.3) is 0 Å². The summed E-state index contributed by atoms with van der Waals surface area (Å²) in [5.74, 6) is 2.23. The molecule has 2 N–H and O–H groups in total. The summed E-state index contributed by atoms with van der Waals surface area (Å²) in [6.45, 7) is 7.39. The predicted molar refractivity (Wildman–Crippen MR) is 68.8 cm³/mol. The molecule has 0 unspecified atom stereocenters. The van der Waals surface area contributed by atoms with Crippen LogP contribution < -0.4 is 5.73 Å². The summed E-state index contributed by atoms with van der Waals surface area (Å²) in [5, 5.41) is 8.53. The van der Waals surface area contributed by atoms with Crippen LogP contribution >= 0.6 is 0 Å². The van der Waals surface area contributed by atoms with Crippen molar-refractivity contribution in [2.75, 3.05) is 6.54 Å². The van der Waals surface area contributed by atoms with Crippen LogP contribution in [0.1, 0.15) is 57.2 Å². The highest BCUT2D eigenvalue weighted by Gasteiger charge is 2.28. The fourth-order valence-electron chi connectivity index (χ4n) is 2.36. The summed E-state index contributed by atoms with van der Waals surface area (Å²) in [6, 6.07) is 0.678. The highest BCUT2D eigenvalue weighted by Crippen LogP contribution is 2.37. The van der Waals surface area contributed by atoms with E-state index in [4.69, 9.17) is 5.73 Å². The van der Waals surface area contributed by atoms with Crippen LogP contribution in [0.15, 0.2) is 0 Å². The second-order valence-corrected chi connectivity index (χ2v) is 5.97. The van der Waals surface area contributed by atoms with Crippen LogP contribution in [0.25, 0.3) is 0 Å². The number of nitrogens with zero attached hydrogens (tertiary/aromatic N) is 3. The molecule has 0 aromatic carbocycles. The molecular weight excluding hydrogens is 212 g/mol. The maximum atomic E-state index is 5.64. The zero-order valence-electron chi connectivity index (χ0n) is 11.2. The number of hydrogen-bond donors (Lipinski definition) is 1. The van der Waals surface area contributed by atoms with Gasteiger partial charge in [-0.3, -0.25) is 0 Å². The van der Waals surface area contributed by atoms with Gasteiger partial charge in [0.05, 0.1) is 0 Å². The first-order chi connectivity index (χ1) is 8.03. The Morgan fingerprint density at radius 1 is 1.29 bits per heavy atom. The zero-order valence-corrected chi connectivity index (χ0v) is 11.2. The minimum Gasteiger partial charge on any atom is -0.330 e. The van der Waals surface area contributed by atoms with E-state index in [0.29, 0.717) is 11.5 Å². The lowest BCUT2D eigenvalue weighted by Gasteiger charge is -2.23. The van der Waals surface area contributed by atoms with Crippen molar-refractivity contribution in [3.8, 4) is 0 Å². The summed E-state index contributed by atoms with van der Waals surface area (Å²) in [5.41, 5.74) is 5.95. The lowest BCUT2D eigenvalue weighted by Crippen LogP contribution is -2.18. The maximum absolute atomic E-state index is 5.64. The quantitative estimate of drug-likeness (QED) is 0.824. The minimum absolute atomic E-state index is 0.309. The van der Waals surface area contributed by atoms with E-state index in [2.05, 4.69) is 35.5 Å². The standard InChI is InChI=1S/C13H24N4/c1-10-15-16-12(17(10)11-4-5-11)6-7-13(2,3)8-9-14/h11H,4-9,14H2,1-3H3. The molecule has 1 aromatic heterocycles.